The average Bonchev–Trinajstić information content (AvgIpc) is 2.69. The first-order chi connectivity index (χ1) is 11.4. The molecule has 0 spiro atoms. The lowest BCUT2D eigenvalue weighted by molar-refractivity contribution is -0.137. The first-order valence-corrected chi connectivity index (χ1v) is 9.37. The van der Waals surface area contributed by atoms with Crippen molar-refractivity contribution in [2.24, 2.45) is 23.7 Å². The molecule has 3 atom stereocenters. The number of carbonyl (C=O) groups is 2. The number of aliphatic hydroxyl groups excluding tert-OH is 2. The number of aliphatic hydroxyl groups is 3. The van der Waals surface area contributed by atoms with Crippen LogP contribution in [0.4, 0.5) is 0 Å². The van der Waals surface area contributed by atoms with E-state index in [0.29, 0.717) is 31.1 Å². The molecule has 0 heterocycles. The van der Waals surface area contributed by atoms with Crippen molar-refractivity contribution in [2.75, 3.05) is 0 Å². The molecule has 1 rings (SSSR count). The molecule has 1 unspecified atom stereocenters. The summed E-state index contributed by atoms with van der Waals surface area (Å²) in [6.45, 7) is 11.3. The lowest BCUT2D eigenvalue weighted by atomic mass is 9.78. The minimum absolute atomic E-state index is 0.257. The third kappa shape index (κ3) is 4.50. The molecule has 0 bridgehead atoms. The Bertz CT molecular complexity index is 532. The smallest absolute Gasteiger partial charge is 0.176 e. The van der Waals surface area contributed by atoms with Gasteiger partial charge in [-0.05, 0) is 31.1 Å². The summed E-state index contributed by atoms with van der Waals surface area (Å²) in [5, 5.41) is 32.4. The molecule has 0 aliphatic heterocycles. The van der Waals surface area contributed by atoms with E-state index in [4.69, 9.17) is 0 Å². The van der Waals surface area contributed by atoms with Crippen molar-refractivity contribution < 1.29 is 24.9 Å². The van der Waals surface area contributed by atoms with E-state index >= 15 is 0 Å². The number of allylic oxidation sites excluding steroid dienone is 1. The van der Waals surface area contributed by atoms with Crippen molar-refractivity contribution in [3.8, 4) is 0 Å². The number of hydrogen-bond donors (Lipinski definition) is 3. The summed E-state index contributed by atoms with van der Waals surface area (Å²) in [7, 11) is 0. The van der Waals surface area contributed by atoms with Gasteiger partial charge in [-0.1, -0.05) is 48.0 Å². The molecule has 0 fully saturated rings. The topological polar surface area (TPSA) is 94.8 Å². The normalized spacial score (nSPS) is 25.6. The van der Waals surface area contributed by atoms with Crippen molar-refractivity contribution in [1.82, 2.24) is 0 Å². The molecular formula is C20H34O5. The predicted octanol–water partition coefficient (Wildman–Crippen LogP) is 3.19. The molecule has 0 saturated heterocycles. The van der Waals surface area contributed by atoms with E-state index in [9.17, 15) is 24.9 Å². The fourth-order valence-corrected chi connectivity index (χ4v) is 3.34. The van der Waals surface area contributed by atoms with Crippen LogP contribution in [0.5, 0.6) is 0 Å². The SMILES string of the molecule is CC(C)CC[C@@H](O)C1(O)C(O)=C(C(=O)C(C)C)C(=O)[C@H]1CCC(C)C. The summed E-state index contributed by atoms with van der Waals surface area (Å²) in [4.78, 5) is 25.2. The van der Waals surface area contributed by atoms with Gasteiger partial charge in [0.05, 0.1) is 12.0 Å². The summed E-state index contributed by atoms with van der Waals surface area (Å²) < 4.78 is 0. The Morgan fingerprint density at radius 3 is 2.00 bits per heavy atom. The van der Waals surface area contributed by atoms with Gasteiger partial charge in [-0.15, -0.1) is 0 Å². The molecule has 0 aromatic rings. The predicted molar refractivity (Wildman–Crippen MR) is 97.1 cm³/mol. The summed E-state index contributed by atoms with van der Waals surface area (Å²) >= 11 is 0. The van der Waals surface area contributed by atoms with Gasteiger partial charge in [0.1, 0.15) is 11.3 Å². The fraction of sp³-hybridized carbons (Fsp3) is 0.800. The van der Waals surface area contributed by atoms with Crippen LogP contribution in [0.15, 0.2) is 11.3 Å². The zero-order chi connectivity index (χ0) is 19.5. The van der Waals surface area contributed by atoms with Crippen LogP contribution in [0.1, 0.15) is 67.2 Å². The van der Waals surface area contributed by atoms with Gasteiger partial charge < -0.3 is 15.3 Å². The van der Waals surface area contributed by atoms with Gasteiger partial charge >= 0.3 is 0 Å². The lowest BCUT2D eigenvalue weighted by Gasteiger charge is -2.34. The van der Waals surface area contributed by atoms with Crippen LogP contribution >= 0.6 is 0 Å². The Morgan fingerprint density at radius 2 is 1.56 bits per heavy atom. The minimum Gasteiger partial charge on any atom is -0.508 e. The summed E-state index contributed by atoms with van der Waals surface area (Å²) in [5.41, 5.74) is -2.39. The van der Waals surface area contributed by atoms with Gasteiger partial charge in [-0.2, -0.15) is 0 Å². The number of Topliss-reactive ketones (excluding diaryl/α,β-unsaturated/α-hetero) is 2. The largest absolute Gasteiger partial charge is 0.508 e. The van der Waals surface area contributed by atoms with E-state index in [1.807, 2.05) is 27.7 Å². The fourth-order valence-electron chi connectivity index (χ4n) is 3.34. The zero-order valence-corrected chi connectivity index (χ0v) is 16.4. The maximum Gasteiger partial charge on any atom is 0.176 e. The third-order valence-corrected chi connectivity index (χ3v) is 5.04. The third-order valence-electron chi connectivity index (χ3n) is 5.04. The van der Waals surface area contributed by atoms with Gasteiger partial charge in [0.2, 0.25) is 0 Å². The summed E-state index contributed by atoms with van der Waals surface area (Å²) in [5.74, 6) is -2.49. The molecule has 1 aliphatic carbocycles. The molecule has 0 saturated carbocycles. The van der Waals surface area contributed by atoms with E-state index < -0.39 is 40.9 Å². The molecule has 1 aliphatic rings. The highest BCUT2D eigenvalue weighted by molar-refractivity contribution is 6.24. The highest BCUT2D eigenvalue weighted by Gasteiger charge is 2.58. The molecule has 25 heavy (non-hydrogen) atoms. The molecule has 5 heteroatoms. The van der Waals surface area contributed by atoms with Gasteiger partial charge in [0, 0.05) is 5.92 Å². The second-order valence-corrected chi connectivity index (χ2v) is 8.44. The molecule has 0 amide bonds. The van der Waals surface area contributed by atoms with Crippen LogP contribution in [-0.4, -0.2) is 38.6 Å². The van der Waals surface area contributed by atoms with E-state index in [1.54, 1.807) is 13.8 Å². The van der Waals surface area contributed by atoms with Crippen LogP contribution in [-0.2, 0) is 9.59 Å². The highest BCUT2D eigenvalue weighted by atomic mass is 16.4. The van der Waals surface area contributed by atoms with Crippen LogP contribution < -0.4 is 0 Å². The van der Waals surface area contributed by atoms with Crippen molar-refractivity contribution in [2.45, 2.75) is 78.9 Å². The van der Waals surface area contributed by atoms with Crippen molar-refractivity contribution >= 4 is 11.6 Å². The number of ketones is 2. The minimum atomic E-state index is -2.07. The maximum absolute atomic E-state index is 12.8. The van der Waals surface area contributed by atoms with E-state index in [-0.39, 0.29) is 12.0 Å². The van der Waals surface area contributed by atoms with Gasteiger partial charge in [0.15, 0.2) is 17.2 Å². The quantitative estimate of drug-likeness (QED) is 0.553. The molecule has 0 radical (unpaired) electrons. The van der Waals surface area contributed by atoms with E-state index in [2.05, 4.69) is 0 Å². The van der Waals surface area contributed by atoms with Crippen LogP contribution in [0.3, 0.4) is 0 Å². The molecule has 3 N–H and O–H groups in total. The molecule has 5 nitrogen and oxygen atoms in total. The van der Waals surface area contributed by atoms with E-state index in [1.165, 1.54) is 0 Å². The molecule has 144 valence electrons. The Labute approximate surface area is 151 Å². The molecular weight excluding hydrogens is 320 g/mol. The zero-order valence-electron chi connectivity index (χ0n) is 16.4. The van der Waals surface area contributed by atoms with Gasteiger partial charge in [-0.25, -0.2) is 0 Å². The van der Waals surface area contributed by atoms with Crippen molar-refractivity contribution in [3.05, 3.63) is 11.3 Å². The summed E-state index contributed by atoms with van der Waals surface area (Å²) in [6, 6.07) is 0. The molecule has 0 aromatic heterocycles. The lowest BCUT2D eigenvalue weighted by Crippen LogP contribution is -2.49. The van der Waals surface area contributed by atoms with E-state index in [0.717, 1.165) is 0 Å². The standard InChI is InChI=1S/C20H34O5/c1-11(2)7-9-14-18(23)16(17(22)13(5)6)19(24)20(14,25)15(21)10-8-12(3)4/h11-15,21,24-25H,7-10H2,1-6H3/t14-,15-,20?/m1/s1. The first kappa shape index (κ1) is 21.8. The van der Waals surface area contributed by atoms with Gasteiger partial charge in [0.25, 0.3) is 0 Å². The van der Waals surface area contributed by atoms with Gasteiger partial charge in [-0.3, -0.25) is 9.59 Å². The first-order valence-electron chi connectivity index (χ1n) is 9.37. The highest BCUT2D eigenvalue weighted by Crippen LogP contribution is 2.44. The monoisotopic (exact) mass is 354 g/mol. The number of hydrogen-bond acceptors (Lipinski definition) is 5. The van der Waals surface area contributed by atoms with Crippen molar-refractivity contribution in [3.63, 3.8) is 0 Å². The molecule has 0 aromatic carbocycles. The number of rotatable bonds is 9. The summed E-state index contributed by atoms with van der Waals surface area (Å²) in [6.07, 6.45) is 0.604. The van der Waals surface area contributed by atoms with Crippen LogP contribution in [0.2, 0.25) is 0 Å². The number of carbonyl (C=O) groups excluding carboxylic acids is 2. The van der Waals surface area contributed by atoms with Crippen LogP contribution in [0.25, 0.3) is 0 Å². The Hall–Kier alpha value is -1.20. The Balaban J connectivity index is 3.27. The Morgan fingerprint density at radius 1 is 1.04 bits per heavy atom. The maximum atomic E-state index is 12.8. The Kier molecular flexibility index (Phi) is 7.39. The van der Waals surface area contributed by atoms with Crippen molar-refractivity contribution in [1.29, 1.82) is 0 Å². The second-order valence-electron chi connectivity index (χ2n) is 8.44. The van der Waals surface area contributed by atoms with Crippen LogP contribution in [0, 0.1) is 23.7 Å². The average molecular weight is 354 g/mol. The second kappa shape index (κ2) is 8.45.